The van der Waals surface area contributed by atoms with Gasteiger partial charge in [-0.3, -0.25) is 9.59 Å². The zero-order valence-corrected chi connectivity index (χ0v) is 15.5. The highest BCUT2D eigenvalue weighted by Crippen LogP contribution is 2.28. The van der Waals surface area contributed by atoms with Gasteiger partial charge in [0.15, 0.2) is 0 Å². The lowest BCUT2D eigenvalue weighted by Gasteiger charge is -2.22. The van der Waals surface area contributed by atoms with Gasteiger partial charge in [0.1, 0.15) is 5.03 Å². The van der Waals surface area contributed by atoms with Gasteiger partial charge in [-0.2, -0.15) is 0 Å². The third kappa shape index (κ3) is 5.60. The summed E-state index contributed by atoms with van der Waals surface area (Å²) in [5.41, 5.74) is 0.510. The van der Waals surface area contributed by atoms with E-state index in [0.717, 1.165) is 4.90 Å². The molecule has 25 heavy (non-hydrogen) atoms. The Balaban J connectivity index is 2.18. The standard InChI is InChI=1S/C19H23N3O2S/c1-4-22(13-17(23)21-14(2)3)19(24)16-11-8-12-20-18(16)25-15-9-6-5-7-10-15/h5-12,14H,4,13H2,1-3H3,(H,21,23). The normalized spacial score (nSPS) is 10.6. The molecule has 0 radical (unpaired) electrons. The van der Waals surface area contributed by atoms with Crippen LogP contribution >= 0.6 is 11.8 Å². The van der Waals surface area contributed by atoms with Crippen molar-refractivity contribution in [2.24, 2.45) is 0 Å². The molecule has 2 rings (SSSR count). The van der Waals surface area contributed by atoms with E-state index in [1.54, 1.807) is 18.3 Å². The Morgan fingerprint density at radius 3 is 2.52 bits per heavy atom. The highest BCUT2D eigenvalue weighted by atomic mass is 32.2. The van der Waals surface area contributed by atoms with Crippen molar-refractivity contribution in [1.29, 1.82) is 0 Å². The van der Waals surface area contributed by atoms with Crippen LogP contribution in [0.5, 0.6) is 0 Å². The Hall–Kier alpha value is -2.34. The van der Waals surface area contributed by atoms with Gasteiger partial charge in [-0.05, 0) is 45.0 Å². The second kappa shape index (κ2) is 9.22. The number of carbonyl (C=O) groups is 2. The van der Waals surface area contributed by atoms with Crippen LogP contribution in [0.3, 0.4) is 0 Å². The molecule has 0 atom stereocenters. The second-order valence-corrected chi connectivity index (χ2v) is 6.87. The van der Waals surface area contributed by atoms with Gasteiger partial charge < -0.3 is 10.2 Å². The molecule has 0 bridgehead atoms. The lowest BCUT2D eigenvalue weighted by molar-refractivity contribution is -0.122. The first-order valence-electron chi connectivity index (χ1n) is 8.27. The molecule has 1 aromatic carbocycles. The zero-order chi connectivity index (χ0) is 18.2. The molecule has 132 valence electrons. The van der Waals surface area contributed by atoms with Gasteiger partial charge in [0, 0.05) is 23.7 Å². The molecule has 1 heterocycles. The van der Waals surface area contributed by atoms with Crippen LogP contribution in [0.25, 0.3) is 0 Å². The molecule has 0 aliphatic carbocycles. The van der Waals surface area contributed by atoms with Crippen molar-refractivity contribution >= 4 is 23.6 Å². The number of benzene rings is 1. The molecule has 0 fully saturated rings. The third-order valence-electron chi connectivity index (χ3n) is 3.41. The number of hydrogen-bond donors (Lipinski definition) is 1. The van der Waals surface area contributed by atoms with Crippen molar-refractivity contribution in [3.05, 3.63) is 54.2 Å². The minimum absolute atomic E-state index is 0.0395. The van der Waals surface area contributed by atoms with Gasteiger partial charge in [-0.1, -0.05) is 30.0 Å². The van der Waals surface area contributed by atoms with E-state index in [4.69, 9.17) is 0 Å². The summed E-state index contributed by atoms with van der Waals surface area (Å²) in [6.45, 7) is 6.14. The number of hydrogen-bond acceptors (Lipinski definition) is 4. The smallest absolute Gasteiger partial charge is 0.257 e. The van der Waals surface area contributed by atoms with E-state index < -0.39 is 0 Å². The number of nitrogens with zero attached hydrogens (tertiary/aromatic N) is 2. The summed E-state index contributed by atoms with van der Waals surface area (Å²) in [6.07, 6.45) is 1.67. The summed E-state index contributed by atoms with van der Waals surface area (Å²) >= 11 is 1.44. The van der Waals surface area contributed by atoms with Crippen LogP contribution in [0.4, 0.5) is 0 Å². The van der Waals surface area contributed by atoms with E-state index in [2.05, 4.69) is 10.3 Å². The molecule has 1 aromatic heterocycles. The maximum absolute atomic E-state index is 12.9. The van der Waals surface area contributed by atoms with E-state index in [0.29, 0.717) is 17.1 Å². The van der Waals surface area contributed by atoms with Crippen LogP contribution in [0.2, 0.25) is 0 Å². The number of likely N-dealkylation sites (N-methyl/N-ethyl adjacent to an activating group) is 1. The summed E-state index contributed by atoms with van der Waals surface area (Å²) in [7, 11) is 0. The number of nitrogens with one attached hydrogen (secondary N) is 1. The van der Waals surface area contributed by atoms with Crippen LogP contribution in [0.1, 0.15) is 31.1 Å². The molecular weight excluding hydrogens is 334 g/mol. The Morgan fingerprint density at radius 2 is 1.88 bits per heavy atom. The molecule has 0 saturated heterocycles. The predicted octanol–water partition coefficient (Wildman–Crippen LogP) is 3.22. The highest BCUT2D eigenvalue weighted by molar-refractivity contribution is 7.99. The molecule has 0 saturated carbocycles. The van der Waals surface area contributed by atoms with Crippen LogP contribution < -0.4 is 5.32 Å². The van der Waals surface area contributed by atoms with Crippen LogP contribution in [-0.2, 0) is 4.79 Å². The van der Waals surface area contributed by atoms with E-state index in [-0.39, 0.29) is 24.4 Å². The van der Waals surface area contributed by atoms with Gasteiger partial charge >= 0.3 is 0 Å². The van der Waals surface area contributed by atoms with Gasteiger partial charge in [0.05, 0.1) is 12.1 Å². The fourth-order valence-electron chi connectivity index (χ4n) is 2.27. The van der Waals surface area contributed by atoms with Crippen molar-refractivity contribution in [2.75, 3.05) is 13.1 Å². The summed E-state index contributed by atoms with van der Waals surface area (Å²) < 4.78 is 0. The van der Waals surface area contributed by atoms with E-state index in [9.17, 15) is 9.59 Å². The van der Waals surface area contributed by atoms with E-state index in [1.807, 2.05) is 51.1 Å². The zero-order valence-electron chi connectivity index (χ0n) is 14.7. The molecule has 6 heteroatoms. The Bertz CT molecular complexity index is 720. The van der Waals surface area contributed by atoms with Crippen molar-refractivity contribution in [3.8, 4) is 0 Å². The Labute approximate surface area is 152 Å². The first-order valence-corrected chi connectivity index (χ1v) is 9.09. The third-order valence-corrected chi connectivity index (χ3v) is 4.44. The minimum atomic E-state index is -0.187. The average molecular weight is 357 g/mol. The van der Waals surface area contributed by atoms with Crippen molar-refractivity contribution in [1.82, 2.24) is 15.2 Å². The van der Waals surface area contributed by atoms with Gasteiger partial charge in [-0.25, -0.2) is 4.98 Å². The lowest BCUT2D eigenvalue weighted by atomic mass is 10.2. The largest absolute Gasteiger partial charge is 0.352 e. The molecule has 1 N–H and O–H groups in total. The number of aromatic nitrogens is 1. The maximum Gasteiger partial charge on any atom is 0.257 e. The first kappa shape index (κ1) is 19.0. The topological polar surface area (TPSA) is 62.3 Å². The average Bonchev–Trinajstić information content (AvgIpc) is 2.60. The van der Waals surface area contributed by atoms with Gasteiger partial charge in [0.25, 0.3) is 5.91 Å². The number of amides is 2. The summed E-state index contributed by atoms with van der Waals surface area (Å²) in [5.74, 6) is -0.348. The molecule has 0 aliphatic rings. The van der Waals surface area contributed by atoms with Crippen LogP contribution in [-0.4, -0.2) is 40.8 Å². The molecule has 5 nitrogen and oxygen atoms in total. The van der Waals surface area contributed by atoms with Crippen LogP contribution in [0.15, 0.2) is 58.6 Å². The highest BCUT2D eigenvalue weighted by Gasteiger charge is 2.21. The molecule has 2 amide bonds. The Morgan fingerprint density at radius 1 is 1.16 bits per heavy atom. The van der Waals surface area contributed by atoms with Crippen LogP contribution in [0, 0.1) is 0 Å². The second-order valence-electron chi connectivity index (χ2n) is 5.81. The Kier molecular flexibility index (Phi) is 7.01. The minimum Gasteiger partial charge on any atom is -0.352 e. The first-order chi connectivity index (χ1) is 12.0. The van der Waals surface area contributed by atoms with E-state index in [1.165, 1.54) is 16.7 Å². The SMILES string of the molecule is CCN(CC(=O)NC(C)C)C(=O)c1cccnc1Sc1ccccc1. The molecule has 0 aliphatic heterocycles. The maximum atomic E-state index is 12.9. The van der Waals surface area contributed by atoms with Gasteiger partial charge in [-0.15, -0.1) is 0 Å². The molecular formula is C19H23N3O2S. The summed E-state index contributed by atoms with van der Waals surface area (Å²) in [5, 5.41) is 3.45. The number of rotatable bonds is 7. The predicted molar refractivity (Wildman–Crippen MR) is 99.7 cm³/mol. The van der Waals surface area contributed by atoms with Crippen molar-refractivity contribution in [2.45, 2.75) is 36.7 Å². The monoisotopic (exact) mass is 357 g/mol. The summed E-state index contributed by atoms with van der Waals surface area (Å²) in [4.78, 5) is 31.8. The van der Waals surface area contributed by atoms with Gasteiger partial charge in [0.2, 0.25) is 5.91 Å². The summed E-state index contributed by atoms with van der Waals surface area (Å²) in [6, 6.07) is 13.3. The number of carbonyl (C=O) groups excluding carboxylic acids is 2. The lowest BCUT2D eigenvalue weighted by Crippen LogP contribution is -2.42. The van der Waals surface area contributed by atoms with Crippen molar-refractivity contribution in [3.63, 3.8) is 0 Å². The van der Waals surface area contributed by atoms with Crippen molar-refractivity contribution < 1.29 is 9.59 Å². The number of pyridine rings is 1. The quantitative estimate of drug-likeness (QED) is 0.826. The van der Waals surface area contributed by atoms with E-state index >= 15 is 0 Å². The molecule has 2 aromatic rings. The fourth-order valence-corrected chi connectivity index (χ4v) is 3.17. The molecule has 0 unspecified atom stereocenters. The molecule has 0 spiro atoms. The fraction of sp³-hybridized carbons (Fsp3) is 0.316.